The Hall–Kier alpha value is -2.08. The minimum absolute atomic E-state index is 0.0639. The third-order valence-electron chi connectivity index (χ3n) is 6.50. The summed E-state index contributed by atoms with van der Waals surface area (Å²) in [4.78, 5) is 25.5. The van der Waals surface area contributed by atoms with Crippen LogP contribution in [0.1, 0.15) is 52.0 Å². The maximum absolute atomic E-state index is 12.6. The van der Waals surface area contributed by atoms with Gasteiger partial charge in [0.25, 0.3) is 0 Å². The van der Waals surface area contributed by atoms with Crippen LogP contribution in [0, 0.1) is 0 Å². The molecule has 0 heterocycles. The molecular weight excluding hydrogens is 342 g/mol. The number of nitrogens with zero attached hydrogens (tertiary/aromatic N) is 1. The van der Waals surface area contributed by atoms with Crippen LogP contribution in [0.4, 0.5) is 4.79 Å². The van der Waals surface area contributed by atoms with Gasteiger partial charge < -0.3 is 15.7 Å². The number of carboxylic acids is 1. The van der Waals surface area contributed by atoms with Gasteiger partial charge in [-0.05, 0) is 37.8 Å². The first kappa shape index (κ1) is 19.7. The van der Waals surface area contributed by atoms with Crippen LogP contribution < -0.4 is 10.6 Å². The molecule has 2 amide bonds. The van der Waals surface area contributed by atoms with Gasteiger partial charge in [0.1, 0.15) is 0 Å². The van der Waals surface area contributed by atoms with Gasteiger partial charge in [0.2, 0.25) is 0 Å². The van der Waals surface area contributed by atoms with Crippen molar-refractivity contribution in [2.75, 3.05) is 13.1 Å². The fourth-order valence-corrected chi connectivity index (χ4v) is 4.28. The molecule has 27 heavy (non-hydrogen) atoms. The second kappa shape index (κ2) is 7.50. The highest BCUT2D eigenvalue weighted by molar-refractivity contribution is 5.76. The number of rotatable bonds is 8. The Morgan fingerprint density at radius 2 is 1.85 bits per heavy atom. The van der Waals surface area contributed by atoms with E-state index in [-0.39, 0.29) is 35.6 Å². The largest absolute Gasteiger partial charge is 0.480 e. The molecule has 2 saturated carbocycles. The van der Waals surface area contributed by atoms with Gasteiger partial charge in [-0.3, -0.25) is 9.69 Å². The SMILES string of the molecule is CCN(CC(=O)O)C1CC(NC(=O)NC2(C(C)(C)c3ccccc3)CC2)C1. The highest BCUT2D eigenvalue weighted by atomic mass is 16.4. The molecule has 148 valence electrons. The Morgan fingerprint density at radius 3 is 2.37 bits per heavy atom. The van der Waals surface area contributed by atoms with Crippen LogP contribution in [-0.2, 0) is 10.2 Å². The van der Waals surface area contributed by atoms with Crippen molar-refractivity contribution in [3.63, 3.8) is 0 Å². The van der Waals surface area contributed by atoms with Crippen molar-refractivity contribution in [2.45, 2.75) is 69.5 Å². The Bertz CT molecular complexity index is 679. The summed E-state index contributed by atoms with van der Waals surface area (Å²) in [6.45, 7) is 7.14. The number of amides is 2. The number of carbonyl (C=O) groups is 2. The van der Waals surface area contributed by atoms with Crippen molar-refractivity contribution >= 4 is 12.0 Å². The second-order valence-corrected chi connectivity index (χ2v) is 8.45. The van der Waals surface area contributed by atoms with Crippen molar-refractivity contribution in [2.24, 2.45) is 0 Å². The number of carboxylic acid groups (broad SMARTS) is 1. The summed E-state index contributed by atoms with van der Waals surface area (Å²) in [5, 5.41) is 15.3. The average molecular weight is 373 g/mol. The summed E-state index contributed by atoms with van der Waals surface area (Å²) < 4.78 is 0. The third kappa shape index (κ3) is 4.10. The van der Waals surface area contributed by atoms with E-state index < -0.39 is 5.97 Å². The van der Waals surface area contributed by atoms with Crippen LogP contribution in [0.3, 0.4) is 0 Å². The van der Waals surface area contributed by atoms with Crippen LogP contribution >= 0.6 is 0 Å². The minimum Gasteiger partial charge on any atom is -0.480 e. The zero-order valence-electron chi connectivity index (χ0n) is 16.5. The molecule has 0 atom stereocenters. The number of likely N-dealkylation sites (N-methyl/N-ethyl adjacent to an activating group) is 1. The quantitative estimate of drug-likeness (QED) is 0.654. The maximum atomic E-state index is 12.6. The smallest absolute Gasteiger partial charge is 0.317 e. The lowest BCUT2D eigenvalue weighted by molar-refractivity contribution is -0.139. The van der Waals surface area contributed by atoms with Crippen molar-refractivity contribution in [3.8, 4) is 0 Å². The molecule has 0 bridgehead atoms. The van der Waals surface area contributed by atoms with Gasteiger partial charge in [-0.15, -0.1) is 0 Å². The molecule has 1 aromatic rings. The topological polar surface area (TPSA) is 81.7 Å². The first-order valence-corrected chi connectivity index (χ1v) is 9.87. The molecule has 6 heteroatoms. The molecule has 1 aromatic carbocycles. The Kier molecular flexibility index (Phi) is 5.47. The summed E-state index contributed by atoms with van der Waals surface area (Å²) in [7, 11) is 0. The molecule has 2 aliphatic rings. The van der Waals surface area contributed by atoms with Gasteiger partial charge in [0, 0.05) is 17.5 Å². The van der Waals surface area contributed by atoms with Crippen LogP contribution in [0.2, 0.25) is 0 Å². The van der Waals surface area contributed by atoms with Crippen molar-refractivity contribution in [3.05, 3.63) is 35.9 Å². The van der Waals surface area contributed by atoms with E-state index in [9.17, 15) is 9.59 Å². The fraction of sp³-hybridized carbons (Fsp3) is 0.619. The maximum Gasteiger partial charge on any atom is 0.317 e. The van der Waals surface area contributed by atoms with Gasteiger partial charge in [-0.2, -0.15) is 0 Å². The minimum atomic E-state index is -0.801. The number of nitrogens with one attached hydrogen (secondary N) is 2. The first-order valence-electron chi connectivity index (χ1n) is 9.87. The van der Waals surface area contributed by atoms with E-state index in [4.69, 9.17) is 5.11 Å². The predicted octanol–water partition coefficient (Wildman–Crippen LogP) is 2.73. The van der Waals surface area contributed by atoms with E-state index in [1.807, 2.05) is 30.0 Å². The predicted molar refractivity (Wildman–Crippen MR) is 105 cm³/mol. The molecule has 0 aromatic heterocycles. The van der Waals surface area contributed by atoms with Crippen LogP contribution in [0.15, 0.2) is 30.3 Å². The van der Waals surface area contributed by atoms with E-state index in [2.05, 4.69) is 36.6 Å². The van der Waals surface area contributed by atoms with Gasteiger partial charge in [-0.25, -0.2) is 4.79 Å². The van der Waals surface area contributed by atoms with Crippen molar-refractivity contribution in [1.29, 1.82) is 0 Å². The lowest BCUT2D eigenvalue weighted by Crippen LogP contribution is -2.59. The van der Waals surface area contributed by atoms with Gasteiger partial charge in [0.05, 0.1) is 12.1 Å². The molecular formula is C21H31N3O3. The van der Waals surface area contributed by atoms with Crippen molar-refractivity contribution in [1.82, 2.24) is 15.5 Å². The molecule has 2 fully saturated rings. The molecule has 3 N–H and O–H groups in total. The summed E-state index contributed by atoms with van der Waals surface area (Å²) in [5.41, 5.74) is 0.910. The molecule has 2 aliphatic carbocycles. The number of carbonyl (C=O) groups excluding carboxylic acids is 1. The van der Waals surface area contributed by atoms with E-state index >= 15 is 0 Å². The van der Waals surface area contributed by atoms with Crippen LogP contribution in [-0.4, -0.2) is 52.7 Å². The third-order valence-corrected chi connectivity index (χ3v) is 6.50. The number of aliphatic carboxylic acids is 1. The number of benzene rings is 1. The number of hydrogen-bond acceptors (Lipinski definition) is 3. The summed E-state index contributed by atoms with van der Waals surface area (Å²) in [5.74, 6) is -0.801. The lowest BCUT2D eigenvalue weighted by Gasteiger charge is -2.43. The highest BCUT2D eigenvalue weighted by Crippen LogP contribution is 2.51. The molecule has 0 aliphatic heterocycles. The van der Waals surface area contributed by atoms with E-state index in [1.165, 1.54) is 5.56 Å². The van der Waals surface area contributed by atoms with Crippen LogP contribution in [0.5, 0.6) is 0 Å². The molecule has 6 nitrogen and oxygen atoms in total. The normalized spacial score (nSPS) is 23.4. The Labute approximate surface area is 161 Å². The Morgan fingerprint density at radius 1 is 1.22 bits per heavy atom. The molecule has 0 unspecified atom stereocenters. The van der Waals surface area contributed by atoms with Crippen LogP contribution in [0.25, 0.3) is 0 Å². The molecule has 3 rings (SSSR count). The zero-order chi connectivity index (χ0) is 19.7. The molecule has 0 spiro atoms. The number of hydrogen-bond donors (Lipinski definition) is 3. The molecule has 0 radical (unpaired) electrons. The standard InChI is InChI=1S/C21H31N3O3/c1-4-24(14-18(25)26)17-12-16(13-17)22-19(27)23-21(10-11-21)20(2,3)15-8-6-5-7-9-15/h5-9,16-17H,4,10-14H2,1-3H3,(H,25,26)(H2,22,23,27). The van der Waals surface area contributed by atoms with E-state index in [0.29, 0.717) is 6.54 Å². The van der Waals surface area contributed by atoms with Gasteiger partial charge in [-0.1, -0.05) is 51.1 Å². The monoisotopic (exact) mass is 373 g/mol. The Balaban J connectivity index is 1.51. The van der Waals surface area contributed by atoms with Gasteiger partial charge in [0.15, 0.2) is 0 Å². The summed E-state index contributed by atoms with van der Waals surface area (Å²) in [6.07, 6.45) is 3.59. The van der Waals surface area contributed by atoms with Crippen molar-refractivity contribution < 1.29 is 14.7 Å². The second-order valence-electron chi connectivity index (χ2n) is 8.45. The average Bonchev–Trinajstić information content (AvgIpc) is 3.37. The first-order chi connectivity index (χ1) is 12.8. The molecule has 0 saturated heterocycles. The lowest BCUT2D eigenvalue weighted by atomic mass is 9.75. The van der Waals surface area contributed by atoms with Gasteiger partial charge >= 0.3 is 12.0 Å². The fourth-order valence-electron chi connectivity index (χ4n) is 4.28. The number of urea groups is 1. The summed E-state index contributed by atoms with van der Waals surface area (Å²) >= 11 is 0. The van der Waals surface area contributed by atoms with E-state index in [1.54, 1.807) is 0 Å². The zero-order valence-corrected chi connectivity index (χ0v) is 16.5. The summed E-state index contributed by atoms with van der Waals surface area (Å²) in [6, 6.07) is 10.6. The highest BCUT2D eigenvalue weighted by Gasteiger charge is 2.56. The van der Waals surface area contributed by atoms with E-state index in [0.717, 1.165) is 25.7 Å².